The molecule has 1 saturated heterocycles. The Kier molecular flexibility index (Phi) is 6.49. The summed E-state index contributed by atoms with van der Waals surface area (Å²) in [6.07, 6.45) is 1.73. The summed E-state index contributed by atoms with van der Waals surface area (Å²) in [5.74, 6) is 1.50. The maximum absolute atomic E-state index is 12.3. The SMILES string of the molecule is CCOc1ccc(N=C2NC(=O)/C(=C\c3cc(Cl)c(OC)c(OC)c3)S2)cc1. The molecule has 28 heavy (non-hydrogen) atoms. The zero-order valence-electron chi connectivity index (χ0n) is 15.6. The van der Waals surface area contributed by atoms with Crippen LogP contribution in [0.2, 0.25) is 5.02 Å². The van der Waals surface area contributed by atoms with Gasteiger partial charge in [0.15, 0.2) is 16.7 Å². The molecule has 2 aromatic carbocycles. The number of nitrogens with zero attached hydrogens (tertiary/aromatic N) is 1. The van der Waals surface area contributed by atoms with E-state index in [1.165, 1.54) is 26.0 Å². The number of rotatable bonds is 6. The van der Waals surface area contributed by atoms with Gasteiger partial charge in [0, 0.05) is 0 Å². The van der Waals surface area contributed by atoms with Crippen molar-refractivity contribution >= 4 is 46.2 Å². The average molecular weight is 419 g/mol. The third kappa shape index (κ3) is 4.61. The highest BCUT2D eigenvalue weighted by Crippen LogP contribution is 2.37. The minimum absolute atomic E-state index is 0.222. The van der Waals surface area contributed by atoms with Gasteiger partial charge in [-0.3, -0.25) is 4.79 Å². The Balaban J connectivity index is 1.81. The van der Waals surface area contributed by atoms with E-state index in [1.807, 2.05) is 31.2 Å². The Labute approximate surface area is 172 Å². The number of halogens is 1. The van der Waals surface area contributed by atoms with Crippen LogP contribution in [-0.2, 0) is 4.79 Å². The fraction of sp³-hybridized carbons (Fsp3) is 0.200. The number of hydrogen-bond acceptors (Lipinski definition) is 6. The highest BCUT2D eigenvalue weighted by Gasteiger charge is 2.24. The van der Waals surface area contributed by atoms with Gasteiger partial charge in [-0.15, -0.1) is 0 Å². The number of benzene rings is 2. The van der Waals surface area contributed by atoms with Crippen molar-refractivity contribution in [3.63, 3.8) is 0 Å². The van der Waals surface area contributed by atoms with Crippen molar-refractivity contribution in [3.05, 3.63) is 51.9 Å². The van der Waals surface area contributed by atoms with E-state index in [-0.39, 0.29) is 5.91 Å². The van der Waals surface area contributed by atoms with Crippen molar-refractivity contribution in [2.45, 2.75) is 6.92 Å². The van der Waals surface area contributed by atoms with Gasteiger partial charge in [0.25, 0.3) is 5.91 Å². The molecule has 1 N–H and O–H groups in total. The molecule has 6 nitrogen and oxygen atoms in total. The highest BCUT2D eigenvalue weighted by atomic mass is 35.5. The van der Waals surface area contributed by atoms with Gasteiger partial charge in [-0.25, -0.2) is 4.99 Å². The van der Waals surface area contributed by atoms with Gasteiger partial charge < -0.3 is 19.5 Å². The summed E-state index contributed by atoms with van der Waals surface area (Å²) < 4.78 is 15.9. The minimum Gasteiger partial charge on any atom is -0.494 e. The number of amidine groups is 1. The molecular formula is C20H19ClN2O4S. The Hall–Kier alpha value is -2.64. The number of ether oxygens (including phenoxy) is 3. The normalized spacial score (nSPS) is 16.4. The molecule has 0 aliphatic carbocycles. The third-order valence-corrected chi connectivity index (χ3v) is 4.97. The number of nitrogens with one attached hydrogen (secondary N) is 1. The van der Waals surface area contributed by atoms with Crippen LogP contribution >= 0.6 is 23.4 Å². The van der Waals surface area contributed by atoms with Gasteiger partial charge >= 0.3 is 0 Å². The largest absolute Gasteiger partial charge is 0.494 e. The van der Waals surface area contributed by atoms with Gasteiger partial charge in [0.2, 0.25) is 0 Å². The van der Waals surface area contributed by atoms with Crippen LogP contribution < -0.4 is 19.5 Å². The van der Waals surface area contributed by atoms with E-state index in [4.69, 9.17) is 25.8 Å². The summed E-state index contributed by atoms with van der Waals surface area (Å²) in [5, 5.41) is 3.67. The molecule has 3 rings (SSSR count). The summed E-state index contributed by atoms with van der Waals surface area (Å²) in [4.78, 5) is 17.3. The molecule has 2 aromatic rings. The Morgan fingerprint density at radius 1 is 1.18 bits per heavy atom. The van der Waals surface area contributed by atoms with E-state index >= 15 is 0 Å². The first-order valence-electron chi connectivity index (χ1n) is 8.48. The van der Waals surface area contributed by atoms with Crippen molar-refractivity contribution in [2.24, 2.45) is 4.99 Å². The molecule has 1 aliphatic heterocycles. The molecule has 0 bridgehead atoms. The second-order valence-electron chi connectivity index (χ2n) is 5.65. The first kappa shape index (κ1) is 20.1. The summed E-state index contributed by atoms with van der Waals surface area (Å²) in [6, 6.07) is 10.8. The topological polar surface area (TPSA) is 69.2 Å². The van der Waals surface area contributed by atoms with Crippen LogP contribution in [-0.4, -0.2) is 31.9 Å². The Bertz CT molecular complexity index is 942. The standard InChI is InChI=1S/C20H19ClN2O4S/c1-4-27-14-7-5-13(6-8-14)22-20-23-19(24)17(28-20)11-12-9-15(21)18(26-3)16(10-12)25-2/h5-11H,4H2,1-3H3,(H,22,23,24)/b17-11+. The molecule has 0 saturated carbocycles. The summed E-state index contributed by atoms with van der Waals surface area (Å²) in [5.41, 5.74) is 1.45. The summed E-state index contributed by atoms with van der Waals surface area (Å²) >= 11 is 7.49. The average Bonchev–Trinajstić information content (AvgIpc) is 3.02. The second-order valence-corrected chi connectivity index (χ2v) is 7.08. The monoisotopic (exact) mass is 418 g/mol. The second kappa shape index (κ2) is 9.03. The Morgan fingerprint density at radius 3 is 2.57 bits per heavy atom. The van der Waals surface area contributed by atoms with Crippen molar-refractivity contribution in [1.82, 2.24) is 5.32 Å². The lowest BCUT2D eigenvalue weighted by Gasteiger charge is -2.10. The molecule has 8 heteroatoms. The zero-order valence-corrected chi connectivity index (χ0v) is 17.2. The van der Waals surface area contributed by atoms with Crippen molar-refractivity contribution < 1.29 is 19.0 Å². The molecule has 1 amide bonds. The molecular weight excluding hydrogens is 400 g/mol. The predicted octanol–water partition coefficient (Wildman–Crippen LogP) is 4.65. The van der Waals surface area contributed by atoms with Crippen LogP contribution in [0.3, 0.4) is 0 Å². The fourth-order valence-corrected chi connectivity index (χ4v) is 3.69. The van der Waals surface area contributed by atoms with Crippen LogP contribution in [0, 0.1) is 0 Å². The van der Waals surface area contributed by atoms with E-state index in [9.17, 15) is 4.79 Å². The molecule has 1 fully saturated rings. The number of hydrogen-bond donors (Lipinski definition) is 1. The number of thioether (sulfide) groups is 1. The zero-order chi connectivity index (χ0) is 20.1. The lowest BCUT2D eigenvalue weighted by Crippen LogP contribution is -2.19. The number of methoxy groups -OCH3 is 2. The first-order valence-corrected chi connectivity index (χ1v) is 9.67. The third-order valence-electron chi connectivity index (χ3n) is 3.78. The van der Waals surface area contributed by atoms with Gasteiger partial charge in [-0.05, 0) is 66.7 Å². The Morgan fingerprint density at radius 2 is 1.93 bits per heavy atom. The van der Waals surface area contributed by atoms with Crippen LogP contribution in [0.25, 0.3) is 6.08 Å². The molecule has 1 aliphatic rings. The molecule has 1 heterocycles. The van der Waals surface area contributed by atoms with Gasteiger partial charge in [0.05, 0.1) is 36.4 Å². The number of carbonyl (C=O) groups excluding carboxylic acids is 1. The highest BCUT2D eigenvalue weighted by molar-refractivity contribution is 8.18. The van der Waals surface area contributed by atoms with Crippen molar-refractivity contribution in [2.75, 3.05) is 20.8 Å². The molecule has 0 radical (unpaired) electrons. The number of aliphatic imine (C=N–C) groups is 1. The molecule has 0 atom stereocenters. The predicted molar refractivity (Wildman–Crippen MR) is 113 cm³/mol. The maximum atomic E-state index is 12.3. The first-order chi connectivity index (χ1) is 13.5. The molecule has 146 valence electrons. The summed E-state index contributed by atoms with van der Waals surface area (Å²) in [7, 11) is 3.05. The lowest BCUT2D eigenvalue weighted by molar-refractivity contribution is -0.115. The van der Waals surface area contributed by atoms with E-state index in [0.29, 0.717) is 33.2 Å². The molecule has 0 unspecified atom stereocenters. The van der Waals surface area contributed by atoms with E-state index in [0.717, 1.165) is 17.0 Å². The van der Waals surface area contributed by atoms with Crippen LogP contribution in [0.15, 0.2) is 46.3 Å². The smallest absolute Gasteiger partial charge is 0.264 e. The van der Waals surface area contributed by atoms with Gasteiger partial charge in [-0.2, -0.15) is 0 Å². The molecule has 0 spiro atoms. The fourth-order valence-electron chi connectivity index (χ4n) is 2.55. The van der Waals surface area contributed by atoms with Crippen LogP contribution in [0.5, 0.6) is 17.2 Å². The lowest BCUT2D eigenvalue weighted by atomic mass is 10.2. The van der Waals surface area contributed by atoms with Crippen molar-refractivity contribution in [1.29, 1.82) is 0 Å². The number of carbonyl (C=O) groups is 1. The molecule has 0 aromatic heterocycles. The van der Waals surface area contributed by atoms with Gasteiger partial charge in [-0.1, -0.05) is 11.6 Å². The van der Waals surface area contributed by atoms with E-state index in [1.54, 1.807) is 18.2 Å². The van der Waals surface area contributed by atoms with Crippen LogP contribution in [0.4, 0.5) is 5.69 Å². The van der Waals surface area contributed by atoms with Crippen LogP contribution in [0.1, 0.15) is 12.5 Å². The minimum atomic E-state index is -0.222. The maximum Gasteiger partial charge on any atom is 0.264 e. The van der Waals surface area contributed by atoms with Gasteiger partial charge in [0.1, 0.15) is 5.75 Å². The quantitative estimate of drug-likeness (QED) is 0.691. The number of amides is 1. The summed E-state index contributed by atoms with van der Waals surface area (Å²) in [6.45, 7) is 2.53. The van der Waals surface area contributed by atoms with E-state index < -0.39 is 0 Å². The van der Waals surface area contributed by atoms with E-state index in [2.05, 4.69) is 10.3 Å². The van der Waals surface area contributed by atoms with Crippen molar-refractivity contribution in [3.8, 4) is 17.2 Å².